The maximum absolute atomic E-state index is 14.2. The Kier molecular flexibility index (Phi) is 37.6. The quantitative estimate of drug-likeness (QED) is 0.0144. The molecular formula is C115H157ClN5O8P2+3. The maximum atomic E-state index is 14.2. The number of benzene rings is 8. The van der Waals surface area contributed by atoms with Crippen LogP contribution in [0, 0.1) is 0 Å². The number of hydrogen-bond donors (Lipinski definition) is 1. The monoisotopic (exact) mass is 1830 g/mol. The van der Waals surface area contributed by atoms with Gasteiger partial charge in [-0.3, -0.25) is 18.1 Å². The third-order valence-electron chi connectivity index (χ3n) is 28.6. The molecule has 131 heavy (non-hydrogen) atoms. The number of halogens is 1. The summed E-state index contributed by atoms with van der Waals surface area (Å²) in [5.41, 5.74) is 15.0. The van der Waals surface area contributed by atoms with Crippen molar-refractivity contribution >= 4 is 103 Å². The molecule has 6 aliphatic heterocycles. The van der Waals surface area contributed by atoms with Gasteiger partial charge in [-0.15, -0.1) is 0 Å². The van der Waals surface area contributed by atoms with Gasteiger partial charge in [-0.1, -0.05) is 345 Å². The number of quaternary nitrogens is 2. The van der Waals surface area contributed by atoms with Gasteiger partial charge in [-0.05, 0) is 159 Å². The summed E-state index contributed by atoms with van der Waals surface area (Å²) < 4.78 is 51.5. The molecule has 704 valence electrons. The van der Waals surface area contributed by atoms with Crippen molar-refractivity contribution in [2.24, 2.45) is 0 Å². The van der Waals surface area contributed by atoms with Crippen molar-refractivity contribution in [3.63, 3.8) is 0 Å². The van der Waals surface area contributed by atoms with Crippen LogP contribution in [0.3, 0.4) is 0 Å². The first-order valence-electron chi connectivity index (χ1n) is 50.1. The van der Waals surface area contributed by atoms with E-state index >= 15 is 0 Å². The lowest BCUT2D eigenvalue weighted by Gasteiger charge is -2.45. The second-order valence-corrected chi connectivity index (χ2v) is 44.6. The first-order valence-corrected chi connectivity index (χ1v) is 54.0. The molecule has 6 heterocycles. The van der Waals surface area contributed by atoms with Crippen molar-refractivity contribution in [2.45, 2.75) is 289 Å². The molecule has 2 fully saturated rings. The lowest BCUT2D eigenvalue weighted by Crippen LogP contribution is -2.57. The number of nitrogens with zero attached hydrogens (tertiary/aromatic N) is 5. The van der Waals surface area contributed by atoms with Gasteiger partial charge in [0.25, 0.3) is 7.82 Å². The largest absolute Gasteiger partial charge is 0.756 e. The zero-order valence-corrected chi connectivity index (χ0v) is 84.5. The number of fused-ring (bicyclic) bond motifs is 13. The molecule has 3 atom stereocenters. The fourth-order valence-corrected chi connectivity index (χ4v) is 23.8. The molecule has 3 unspecified atom stereocenters. The van der Waals surface area contributed by atoms with Crippen molar-refractivity contribution in [3.8, 4) is 0 Å². The summed E-state index contributed by atoms with van der Waals surface area (Å²) in [7, 11) is 5.80. The van der Waals surface area contributed by atoms with E-state index in [9.17, 15) is 14.0 Å². The van der Waals surface area contributed by atoms with Crippen molar-refractivity contribution < 1.29 is 50.9 Å². The van der Waals surface area contributed by atoms with E-state index < -0.39 is 26.4 Å². The molecule has 0 aromatic heterocycles. The Bertz CT molecular complexity index is 5570. The zero-order valence-electron chi connectivity index (χ0n) is 81.9. The van der Waals surface area contributed by atoms with E-state index in [1.807, 2.05) is 21.1 Å². The molecular weight excluding hydrogens is 1680 g/mol. The highest BCUT2D eigenvalue weighted by Crippen LogP contribution is 2.60. The molecule has 0 radical (unpaired) electrons. The number of phosphoric acid groups is 1. The number of phosphoric ester groups is 1. The van der Waals surface area contributed by atoms with Gasteiger partial charge in [0.2, 0.25) is 17.6 Å². The minimum atomic E-state index is -4.72. The van der Waals surface area contributed by atoms with Crippen LogP contribution in [-0.2, 0) is 48.9 Å². The van der Waals surface area contributed by atoms with Gasteiger partial charge in [0.15, 0.2) is 11.4 Å². The summed E-state index contributed by atoms with van der Waals surface area (Å²) in [6, 6.07) is 53.3. The Balaban J connectivity index is 0.000000222. The Morgan fingerprint density at radius 3 is 1.30 bits per heavy atom. The van der Waals surface area contributed by atoms with Crippen molar-refractivity contribution in [1.29, 1.82) is 0 Å². The van der Waals surface area contributed by atoms with Gasteiger partial charge in [0, 0.05) is 94.7 Å². The van der Waals surface area contributed by atoms with Crippen molar-refractivity contribution in [2.75, 3.05) is 86.2 Å². The third-order valence-corrected chi connectivity index (χ3v) is 31.1. The van der Waals surface area contributed by atoms with Gasteiger partial charge in [0.1, 0.15) is 38.6 Å². The highest BCUT2D eigenvalue weighted by molar-refractivity contribution is 7.81. The van der Waals surface area contributed by atoms with Crippen LogP contribution < -0.4 is 14.3 Å². The van der Waals surface area contributed by atoms with Crippen LogP contribution in [0.5, 0.6) is 0 Å². The van der Waals surface area contributed by atoms with E-state index in [1.54, 1.807) is 0 Å². The number of unbranched alkanes of at least 4 members (excludes halogenated alkanes) is 15. The predicted octanol–water partition coefficient (Wildman–Crippen LogP) is 30.6. The molecule has 16 heteroatoms. The van der Waals surface area contributed by atoms with Crippen LogP contribution >= 0.6 is 26.0 Å². The molecule has 1 spiro atoms. The van der Waals surface area contributed by atoms with Crippen LogP contribution in [0.2, 0.25) is 0 Å². The molecule has 14 rings (SSSR count). The Labute approximate surface area is 792 Å². The average molecular weight is 1830 g/mol. The maximum Gasteiger partial charge on any atom is 0.424 e. The minimum absolute atomic E-state index is 0.0755. The molecule has 0 bridgehead atoms. The fourth-order valence-electron chi connectivity index (χ4n) is 21.8. The van der Waals surface area contributed by atoms with E-state index in [1.165, 1.54) is 260 Å². The molecule has 8 aromatic carbocycles. The summed E-state index contributed by atoms with van der Waals surface area (Å²) >= 11 is 5.08. The summed E-state index contributed by atoms with van der Waals surface area (Å²) in [6.45, 7) is 19.3. The number of likely N-dealkylation sites (N-methyl/N-ethyl adjacent to an activating group) is 1. The van der Waals surface area contributed by atoms with Gasteiger partial charge < -0.3 is 23.9 Å². The van der Waals surface area contributed by atoms with E-state index in [0.29, 0.717) is 41.8 Å². The second-order valence-electron chi connectivity index (χ2n) is 40.6. The number of aliphatic hydroxyl groups is 1. The van der Waals surface area contributed by atoms with Crippen LogP contribution in [0.25, 0.3) is 43.1 Å². The normalized spacial score (nSPS) is 21.2. The van der Waals surface area contributed by atoms with E-state index in [0.717, 1.165) is 63.0 Å². The van der Waals surface area contributed by atoms with Gasteiger partial charge in [-0.25, -0.2) is 9.05 Å². The van der Waals surface area contributed by atoms with Crippen LogP contribution in [-0.4, -0.2) is 118 Å². The predicted molar refractivity (Wildman–Crippen MR) is 556 cm³/mol. The fraction of sp³-hybridized carbons (Fsp3) is 0.496. The number of hydrogen-bond acceptors (Lipinski definition) is 9. The topological polar surface area (TPSA) is 124 Å². The van der Waals surface area contributed by atoms with Gasteiger partial charge in [-0.2, -0.15) is 9.15 Å². The molecule has 0 amide bonds. The molecule has 6 aliphatic rings. The highest BCUT2D eigenvalue weighted by Gasteiger charge is 2.59. The number of rotatable bonds is 32. The lowest BCUT2D eigenvalue weighted by molar-refractivity contribution is -0.870. The van der Waals surface area contributed by atoms with Crippen LogP contribution in [0.1, 0.15) is 283 Å². The third kappa shape index (κ3) is 26.1. The second kappa shape index (κ2) is 48.2. The first kappa shape index (κ1) is 102. The SMILES string of the molecule is C[N+]1=C(/C=C/C=C/C=C/C=C2/N(CCCCCCCCCCCCCCCCCCO)c3ccc4ccccc4c3C2(C)C)C(C)(C)c2c1ccc1ccccc21.C[N+]1=C(/C=C/C=C/C=C/C=C2\C(C)(C)c3c(ccc4ccccc34)[N+]23CCCCCCCCCCCCCCCCCC3OP(=O)([O-])OCC[N+](C)(C)C)C(C)(C)c2c1ccc1ccccc21.O=P1(Cl)OCCO1. The zero-order chi connectivity index (χ0) is 93.1. The molecule has 13 nitrogen and oxygen atoms in total. The van der Waals surface area contributed by atoms with E-state index in [-0.39, 0.29) is 22.9 Å². The smallest absolute Gasteiger partial charge is 0.424 e. The first-order chi connectivity index (χ1) is 63.0. The minimum Gasteiger partial charge on any atom is -0.756 e. The Morgan fingerprint density at radius 1 is 0.473 bits per heavy atom. The van der Waals surface area contributed by atoms with Crippen molar-refractivity contribution in [1.82, 2.24) is 4.48 Å². The number of allylic oxidation sites excluding steroid dienone is 16. The number of anilines is 1. The molecule has 8 aromatic rings. The average Bonchev–Trinajstić information content (AvgIpc) is 1.53. The number of aliphatic hydroxyl groups excluding tert-OH is 1. The van der Waals surface area contributed by atoms with Gasteiger partial charge in [0.05, 0.1) is 57.1 Å². The van der Waals surface area contributed by atoms with E-state index in [4.69, 9.17) is 25.4 Å². The highest BCUT2D eigenvalue weighted by atomic mass is 35.7. The molecule has 1 N–H and O–H groups in total. The molecule has 2 saturated heterocycles. The summed E-state index contributed by atoms with van der Waals surface area (Å²) in [5.74, 6) is 0. The van der Waals surface area contributed by atoms with E-state index in [2.05, 4.69) is 323 Å². The Morgan fingerprint density at radius 2 is 0.855 bits per heavy atom. The Hall–Kier alpha value is -7.71. The van der Waals surface area contributed by atoms with Crippen molar-refractivity contribution in [3.05, 3.63) is 264 Å². The summed E-state index contributed by atoms with van der Waals surface area (Å²) in [5, 5.41) is 19.2. The standard InChI is InChI=1S/C59H82N3O4P.C54H71N2O.C2H4ClO3P/c1-58(2)53(60(5)51-42-40-47-33-28-30-35-49(47)56(51)58)37-25-21-20-22-26-38-54-59(3,4)57-50-36-31-29-34-48(50)41-43-52(57)62(54)44-32-24-19-17-15-13-11-9-10-12-14-16-18-23-27-39-55(62)66-67(63,64)65-46-45-61(6,7)8;1-53(2)49(55(5)47-39-37-43-31-25-27-33-45(43)51(47)53)35-23-19-18-20-24-36-50-54(3,4)52-46-34-28-26-32-44(46)38-40-48(52)56(50)41-29-21-16-14-12-10-8-6-7-9-11-13-15-17-22-30-42-57;3-7(4)5-1-2-6-7/h20-22,25-26,28-31,33-38,40-43,55H,9-19,23-24,27,32,39,44-46H2,1-8H3;18-20,23-28,31-40,57H,6-17,21-22,29-30,41-42H2,1-5H3;1-2H2/q+2;+1;/b21-20+,26-22+,37-25+,54-38+;;. The van der Waals surface area contributed by atoms with Crippen LogP contribution in [0.4, 0.5) is 22.7 Å². The van der Waals surface area contributed by atoms with Crippen LogP contribution in [0.15, 0.2) is 242 Å². The molecule has 0 aliphatic carbocycles. The summed E-state index contributed by atoms with van der Waals surface area (Å²) in [4.78, 5) is 16.9. The molecule has 0 saturated carbocycles. The van der Waals surface area contributed by atoms with Gasteiger partial charge >= 0.3 is 6.95 Å². The summed E-state index contributed by atoms with van der Waals surface area (Å²) in [6.07, 6.45) is 69.9. The lowest BCUT2D eigenvalue weighted by atomic mass is 9.79.